The van der Waals surface area contributed by atoms with E-state index in [9.17, 15) is 4.39 Å². The summed E-state index contributed by atoms with van der Waals surface area (Å²) in [6.07, 6.45) is 3.75. The molecule has 2 atom stereocenters. The van der Waals surface area contributed by atoms with E-state index in [1.54, 1.807) is 6.07 Å². The average molecular weight is 311 g/mol. The van der Waals surface area contributed by atoms with Crippen LogP contribution in [0.5, 0.6) is 0 Å². The number of rotatable bonds is 3. The van der Waals surface area contributed by atoms with E-state index in [0.717, 1.165) is 31.0 Å². The molecule has 1 aromatic rings. The quantitative estimate of drug-likeness (QED) is 0.912. The van der Waals surface area contributed by atoms with Crippen LogP contribution in [0.2, 0.25) is 5.02 Å². The highest BCUT2D eigenvalue weighted by molar-refractivity contribution is 6.30. The number of nitrogens with zero attached hydrogens (tertiary/aromatic N) is 1. The number of nitrogens with one attached hydrogen (secondary N) is 1. The van der Waals surface area contributed by atoms with Gasteiger partial charge < -0.3 is 5.32 Å². The first-order valence-corrected chi connectivity index (χ1v) is 8.29. The first-order chi connectivity index (χ1) is 9.98. The third kappa shape index (κ3) is 3.41. The van der Waals surface area contributed by atoms with Crippen LogP contribution in [0.15, 0.2) is 18.2 Å². The summed E-state index contributed by atoms with van der Waals surface area (Å²) >= 11 is 5.85. The molecule has 4 heteroatoms. The van der Waals surface area contributed by atoms with Gasteiger partial charge in [0, 0.05) is 35.3 Å². The largest absolute Gasteiger partial charge is 0.310 e. The number of benzene rings is 1. The van der Waals surface area contributed by atoms with E-state index >= 15 is 0 Å². The molecule has 21 heavy (non-hydrogen) atoms. The monoisotopic (exact) mass is 310 g/mol. The number of hydrogen-bond acceptors (Lipinski definition) is 2. The predicted molar refractivity (Wildman–Crippen MR) is 85.0 cm³/mol. The second-order valence-corrected chi connectivity index (χ2v) is 7.33. The van der Waals surface area contributed by atoms with Gasteiger partial charge >= 0.3 is 0 Å². The van der Waals surface area contributed by atoms with E-state index < -0.39 is 0 Å². The van der Waals surface area contributed by atoms with Crippen molar-refractivity contribution in [2.45, 2.75) is 51.2 Å². The fourth-order valence-corrected chi connectivity index (χ4v) is 3.62. The van der Waals surface area contributed by atoms with E-state index in [2.05, 4.69) is 24.1 Å². The molecule has 2 aliphatic rings. The molecule has 1 saturated carbocycles. The van der Waals surface area contributed by atoms with Gasteiger partial charge in [-0.25, -0.2) is 4.39 Å². The molecule has 0 bridgehead atoms. The van der Waals surface area contributed by atoms with Gasteiger partial charge in [-0.15, -0.1) is 0 Å². The molecular formula is C17H24ClFN2. The maximum absolute atomic E-state index is 14.1. The number of halogens is 2. The molecule has 1 saturated heterocycles. The van der Waals surface area contributed by atoms with Crippen molar-refractivity contribution in [3.8, 4) is 0 Å². The molecule has 2 unspecified atom stereocenters. The van der Waals surface area contributed by atoms with Gasteiger partial charge in [0.1, 0.15) is 5.82 Å². The summed E-state index contributed by atoms with van der Waals surface area (Å²) < 4.78 is 14.1. The van der Waals surface area contributed by atoms with Crippen LogP contribution in [0.1, 0.15) is 38.7 Å². The third-order valence-electron chi connectivity index (χ3n) is 5.11. The van der Waals surface area contributed by atoms with Gasteiger partial charge in [-0.1, -0.05) is 17.7 Å². The van der Waals surface area contributed by atoms with Gasteiger partial charge in [0.2, 0.25) is 0 Å². The maximum Gasteiger partial charge on any atom is 0.129 e. The highest BCUT2D eigenvalue weighted by Gasteiger charge is 2.43. The first kappa shape index (κ1) is 15.3. The zero-order chi connectivity index (χ0) is 15.0. The van der Waals surface area contributed by atoms with Crippen molar-refractivity contribution in [1.82, 2.24) is 10.2 Å². The van der Waals surface area contributed by atoms with Crippen LogP contribution in [-0.2, 0) is 6.54 Å². The van der Waals surface area contributed by atoms with Gasteiger partial charge in [-0.2, -0.15) is 0 Å². The zero-order valence-electron chi connectivity index (χ0n) is 12.8. The lowest BCUT2D eigenvalue weighted by Gasteiger charge is -2.36. The highest BCUT2D eigenvalue weighted by Crippen LogP contribution is 2.41. The summed E-state index contributed by atoms with van der Waals surface area (Å²) in [4.78, 5) is 2.42. The van der Waals surface area contributed by atoms with E-state index in [0.29, 0.717) is 17.6 Å². The normalized spacial score (nSPS) is 31.1. The Morgan fingerprint density at radius 2 is 2.14 bits per heavy atom. The average Bonchev–Trinajstić information content (AvgIpc) is 3.24. The second kappa shape index (κ2) is 5.86. The van der Waals surface area contributed by atoms with Gasteiger partial charge in [0.15, 0.2) is 0 Å². The molecule has 0 spiro atoms. The molecule has 0 radical (unpaired) electrons. The molecule has 2 nitrogen and oxygen atoms in total. The Hall–Kier alpha value is -0.640. The Balaban J connectivity index is 1.77. The molecular weight excluding hydrogens is 287 g/mol. The molecule has 2 fully saturated rings. The van der Waals surface area contributed by atoms with Crippen molar-refractivity contribution in [2.75, 3.05) is 13.1 Å². The van der Waals surface area contributed by atoms with Crippen molar-refractivity contribution >= 4 is 11.6 Å². The summed E-state index contributed by atoms with van der Waals surface area (Å²) in [7, 11) is 0. The van der Waals surface area contributed by atoms with Gasteiger partial charge in [-0.05, 0) is 57.7 Å². The Bertz CT molecular complexity index is 518. The zero-order valence-corrected chi connectivity index (χ0v) is 13.6. The second-order valence-electron chi connectivity index (χ2n) is 6.90. The molecule has 1 aromatic carbocycles. The van der Waals surface area contributed by atoms with Crippen LogP contribution < -0.4 is 5.32 Å². The van der Waals surface area contributed by atoms with Crippen molar-refractivity contribution in [3.63, 3.8) is 0 Å². The lowest BCUT2D eigenvalue weighted by Crippen LogP contribution is -2.51. The van der Waals surface area contributed by atoms with Gasteiger partial charge in [0.05, 0.1) is 0 Å². The number of hydrogen-bond donors (Lipinski definition) is 1. The Morgan fingerprint density at radius 3 is 2.81 bits per heavy atom. The van der Waals surface area contributed by atoms with Crippen molar-refractivity contribution in [2.24, 2.45) is 5.92 Å². The molecule has 1 aliphatic carbocycles. The minimum absolute atomic E-state index is 0.174. The summed E-state index contributed by atoms with van der Waals surface area (Å²) in [6, 6.07) is 5.48. The predicted octanol–water partition coefficient (Wildman–Crippen LogP) is 3.83. The topological polar surface area (TPSA) is 15.3 Å². The Morgan fingerprint density at radius 1 is 1.38 bits per heavy atom. The van der Waals surface area contributed by atoms with Gasteiger partial charge in [0.25, 0.3) is 0 Å². The molecule has 0 amide bonds. The smallest absolute Gasteiger partial charge is 0.129 e. The Labute approximate surface area is 131 Å². The maximum atomic E-state index is 14.1. The SMILES string of the molecule is CC1CCNC(C)(C2CC2)CN1Cc1ccc(Cl)cc1F. The minimum Gasteiger partial charge on any atom is -0.310 e. The van der Waals surface area contributed by atoms with E-state index in [-0.39, 0.29) is 11.4 Å². The van der Waals surface area contributed by atoms with E-state index in [1.807, 2.05) is 6.07 Å². The standard InChI is InChI=1S/C17H24ClFN2/c1-12-7-8-20-17(2,14-4-5-14)11-21(12)10-13-3-6-15(18)9-16(13)19/h3,6,9,12,14,20H,4-5,7-8,10-11H2,1-2H3. The fraction of sp³-hybridized carbons (Fsp3) is 0.647. The molecule has 3 rings (SSSR count). The lowest BCUT2D eigenvalue weighted by atomic mass is 9.95. The summed E-state index contributed by atoms with van der Waals surface area (Å²) in [6.45, 7) is 7.27. The van der Waals surface area contributed by atoms with Crippen molar-refractivity contribution in [3.05, 3.63) is 34.6 Å². The van der Waals surface area contributed by atoms with Crippen LogP contribution >= 0.6 is 11.6 Å². The van der Waals surface area contributed by atoms with E-state index in [4.69, 9.17) is 11.6 Å². The molecule has 1 aliphatic heterocycles. The molecule has 116 valence electrons. The van der Waals surface area contributed by atoms with Crippen LogP contribution in [0.3, 0.4) is 0 Å². The van der Waals surface area contributed by atoms with Crippen LogP contribution in [0.4, 0.5) is 4.39 Å². The molecule has 0 aromatic heterocycles. The summed E-state index contributed by atoms with van der Waals surface area (Å²) in [5.41, 5.74) is 0.916. The summed E-state index contributed by atoms with van der Waals surface area (Å²) in [5.74, 6) is 0.584. The minimum atomic E-state index is -0.194. The first-order valence-electron chi connectivity index (χ1n) is 7.91. The Kier molecular flexibility index (Phi) is 4.26. The van der Waals surface area contributed by atoms with Crippen molar-refractivity contribution < 1.29 is 4.39 Å². The van der Waals surface area contributed by atoms with Crippen LogP contribution in [-0.4, -0.2) is 29.6 Å². The van der Waals surface area contributed by atoms with Crippen LogP contribution in [0, 0.1) is 11.7 Å². The third-order valence-corrected chi connectivity index (χ3v) is 5.35. The lowest BCUT2D eigenvalue weighted by molar-refractivity contribution is 0.153. The van der Waals surface area contributed by atoms with E-state index in [1.165, 1.54) is 18.9 Å². The highest BCUT2D eigenvalue weighted by atomic mass is 35.5. The van der Waals surface area contributed by atoms with Crippen molar-refractivity contribution in [1.29, 1.82) is 0 Å². The molecule has 1 heterocycles. The van der Waals surface area contributed by atoms with Crippen LogP contribution in [0.25, 0.3) is 0 Å². The van der Waals surface area contributed by atoms with Gasteiger partial charge in [-0.3, -0.25) is 4.90 Å². The summed E-state index contributed by atoms with van der Waals surface area (Å²) in [5, 5.41) is 4.20. The fourth-order valence-electron chi connectivity index (χ4n) is 3.46. The molecule has 1 N–H and O–H groups in total.